The van der Waals surface area contributed by atoms with Crippen molar-refractivity contribution in [1.29, 1.82) is 0 Å². The molecular formula is C12H11BrFNO5. The molecule has 20 heavy (non-hydrogen) atoms. The number of carbonyl (C=O) groups is 3. The smallest absolute Gasteiger partial charge is 0.326 e. The minimum atomic E-state index is -1.35. The van der Waals surface area contributed by atoms with Crippen LogP contribution in [0.2, 0.25) is 0 Å². The van der Waals surface area contributed by atoms with Gasteiger partial charge >= 0.3 is 11.9 Å². The third-order valence-corrected chi connectivity index (χ3v) is 3.11. The molecule has 0 saturated heterocycles. The van der Waals surface area contributed by atoms with Crippen molar-refractivity contribution in [2.45, 2.75) is 18.9 Å². The molecule has 3 N–H and O–H groups in total. The van der Waals surface area contributed by atoms with Crippen LogP contribution in [0.5, 0.6) is 0 Å². The van der Waals surface area contributed by atoms with E-state index in [-0.39, 0.29) is 12.0 Å². The quantitative estimate of drug-likeness (QED) is 0.725. The molecule has 1 aromatic rings. The highest BCUT2D eigenvalue weighted by atomic mass is 79.9. The van der Waals surface area contributed by atoms with Crippen LogP contribution in [0, 0.1) is 5.82 Å². The summed E-state index contributed by atoms with van der Waals surface area (Å²) in [5, 5.41) is 19.6. The van der Waals surface area contributed by atoms with E-state index in [2.05, 4.69) is 21.2 Å². The summed E-state index contributed by atoms with van der Waals surface area (Å²) in [4.78, 5) is 33.2. The lowest BCUT2D eigenvalue weighted by molar-refractivity contribution is -0.140. The van der Waals surface area contributed by atoms with Crippen molar-refractivity contribution in [3.8, 4) is 0 Å². The average Bonchev–Trinajstić information content (AvgIpc) is 2.36. The molecule has 0 aromatic heterocycles. The summed E-state index contributed by atoms with van der Waals surface area (Å²) in [6.45, 7) is 0. The van der Waals surface area contributed by atoms with Crippen LogP contribution in [0.25, 0.3) is 0 Å². The second-order valence-corrected chi connectivity index (χ2v) is 4.78. The largest absolute Gasteiger partial charge is 0.481 e. The van der Waals surface area contributed by atoms with Crippen LogP contribution in [0.4, 0.5) is 4.39 Å². The van der Waals surface area contributed by atoms with Gasteiger partial charge in [0.05, 0.1) is 5.56 Å². The van der Waals surface area contributed by atoms with E-state index >= 15 is 0 Å². The van der Waals surface area contributed by atoms with Gasteiger partial charge < -0.3 is 15.5 Å². The van der Waals surface area contributed by atoms with Gasteiger partial charge in [-0.25, -0.2) is 9.18 Å². The molecule has 0 heterocycles. The van der Waals surface area contributed by atoms with E-state index in [1.54, 1.807) is 0 Å². The number of nitrogens with one attached hydrogen (secondary N) is 1. The molecule has 0 radical (unpaired) electrons. The molecule has 0 aliphatic rings. The molecule has 0 unspecified atom stereocenters. The molecule has 8 heteroatoms. The van der Waals surface area contributed by atoms with Gasteiger partial charge in [-0.3, -0.25) is 9.59 Å². The van der Waals surface area contributed by atoms with Crippen molar-refractivity contribution in [2.75, 3.05) is 0 Å². The molecule has 1 rings (SSSR count). The lowest BCUT2D eigenvalue weighted by Crippen LogP contribution is -2.41. The predicted molar refractivity (Wildman–Crippen MR) is 69.9 cm³/mol. The molecule has 0 aliphatic heterocycles. The number of benzene rings is 1. The number of carbonyl (C=O) groups excluding carboxylic acids is 1. The van der Waals surface area contributed by atoms with Gasteiger partial charge in [-0.05, 0) is 40.5 Å². The topological polar surface area (TPSA) is 104 Å². The molecule has 1 atom stereocenters. The Labute approximate surface area is 121 Å². The first-order chi connectivity index (χ1) is 9.31. The third kappa shape index (κ3) is 4.61. The number of carboxylic acids is 2. The Kier molecular flexibility index (Phi) is 5.63. The van der Waals surface area contributed by atoms with E-state index in [1.165, 1.54) is 6.07 Å². The maximum Gasteiger partial charge on any atom is 0.326 e. The maximum absolute atomic E-state index is 13.1. The minimum Gasteiger partial charge on any atom is -0.481 e. The molecule has 6 nitrogen and oxygen atoms in total. The Bertz CT molecular complexity index is 549. The summed E-state index contributed by atoms with van der Waals surface area (Å²) in [5.41, 5.74) is -0.0634. The highest BCUT2D eigenvalue weighted by Crippen LogP contribution is 2.18. The van der Waals surface area contributed by atoms with Crippen molar-refractivity contribution in [3.63, 3.8) is 0 Å². The zero-order valence-electron chi connectivity index (χ0n) is 10.1. The molecule has 1 aromatic carbocycles. The SMILES string of the molecule is O=C(O)CC[C@H](NC(=O)c1cc(F)ccc1Br)C(=O)O. The number of carboxylic acid groups (broad SMARTS) is 2. The summed E-state index contributed by atoms with van der Waals surface area (Å²) in [6.07, 6.45) is -0.662. The zero-order chi connectivity index (χ0) is 15.3. The summed E-state index contributed by atoms with van der Waals surface area (Å²) in [7, 11) is 0. The number of aliphatic carboxylic acids is 2. The minimum absolute atomic E-state index is 0.0634. The van der Waals surface area contributed by atoms with Crippen LogP contribution in [-0.2, 0) is 9.59 Å². The summed E-state index contributed by atoms with van der Waals surface area (Å²) in [5.74, 6) is -3.96. The monoisotopic (exact) mass is 347 g/mol. The van der Waals surface area contributed by atoms with Crippen LogP contribution in [0.15, 0.2) is 22.7 Å². The first-order valence-corrected chi connectivity index (χ1v) is 6.31. The van der Waals surface area contributed by atoms with Gasteiger partial charge in [-0.2, -0.15) is 0 Å². The highest BCUT2D eigenvalue weighted by Gasteiger charge is 2.22. The van der Waals surface area contributed by atoms with E-state index in [1.807, 2.05) is 0 Å². The summed E-state index contributed by atoms with van der Waals surface area (Å²) >= 11 is 3.05. The fraction of sp³-hybridized carbons (Fsp3) is 0.250. The van der Waals surface area contributed by atoms with Crippen LogP contribution in [-0.4, -0.2) is 34.1 Å². The van der Waals surface area contributed by atoms with Gasteiger partial charge in [0.25, 0.3) is 5.91 Å². The first-order valence-electron chi connectivity index (χ1n) is 5.51. The van der Waals surface area contributed by atoms with Crippen molar-refractivity contribution in [3.05, 3.63) is 34.1 Å². The normalized spacial score (nSPS) is 11.7. The summed E-state index contributed by atoms with van der Waals surface area (Å²) in [6, 6.07) is 2.06. The van der Waals surface area contributed by atoms with E-state index < -0.39 is 36.1 Å². The molecule has 0 bridgehead atoms. The zero-order valence-corrected chi connectivity index (χ0v) is 11.7. The van der Waals surface area contributed by atoms with Gasteiger partial charge in [0.1, 0.15) is 11.9 Å². The average molecular weight is 348 g/mol. The Morgan fingerprint density at radius 2 is 1.95 bits per heavy atom. The number of amides is 1. The Morgan fingerprint density at radius 3 is 2.50 bits per heavy atom. The van der Waals surface area contributed by atoms with Gasteiger partial charge in [0.2, 0.25) is 0 Å². The van der Waals surface area contributed by atoms with E-state index in [4.69, 9.17) is 10.2 Å². The number of hydrogen-bond acceptors (Lipinski definition) is 3. The van der Waals surface area contributed by atoms with Gasteiger partial charge in [-0.1, -0.05) is 0 Å². The lowest BCUT2D eigenvalue weighted by atomic mass is 10.1. The molecule has 0 aliphatic carbocycles. The number of rotatable bonds is 6. The van der Waals surface area contributed by atoms with E-state index in [0.717, 1.165) is 12.1 Å². The Hall–Kier alpha value is -1.96. The fourth-order valence-electron chi connectivity index (χ4n) is 1.43. The fourth-order valence-corrected chi connectivity index (χ4v) is 1.86. The standard InChI is InChI=1S/C12H11BrFNO5/c13-8-2-1-6(14)5-7(8)11(18)15-9(12(19)20)3-4-10(16)17/h1-2,5,9H,3-4H2,(H,15,18)(H,16,17)(H,19,20)/t9-/m0/s1. The third-order valence-electron chi connectivity index (χ3n) is 2.42. The van der Waals surface area contributed by atoms with Crippen molar-refractivity contribution < 1.29 is 29.0 Å². The highest BCUT2D eigenvalue weighted by molar-refractivity contribution is 9.10. The molecule has 108 valence electrons. The summed E-state index contributed by atoms with van der Waals surface area (Å²) < 4.78 is 13.4. The Balaban J connectivity index is 2.82. The second kappa shape index (κ2) is 6.99. The van der Waals surface area contributed by atoms with Crippen molar-refractivity contribution in [1.82, 2.24) is 5.32 Å². The molecule has 0 fully saturated rings. The number of hydrogen-bond donors (Lipinski definition) is 3. The predicted octanol–water partition coefficient (Wildman–Crippen LogP) is 1.64. The molecule has 0 saturated carbocycles. The Morgan fingerprint density at radius 1 is 1.30 bits per heavy atom. The van der Waals surface area contributed by atoms with Gasteiger partial charge in [-0.15, -0.1) is 0 Å². The number of halogens is 2. The first kappa shape index (κ1) is 16.1. The molecule has 1 amide bonds. The molecular weight excluding hydrogens is 337 g/mol. The van der Waals surface area contributed by atoms with Gasteiger partial charge in [0, 0.05) is 10.9 Å². The molecule has 0 spiro atoms. The lowest BCUT2D eigenvalue weighted by Gasteiger charge is -2.14. The van der Waals surface area contributed by atoms with Crippen LogP contribution < -0.4 is 5.32 Å². The van der Waals surface area contributed by atoms with Gasteiger partial charge in [0.15, 0.2) is 0 Å². The van der Waals surface area contributed by atoms with Crippen LogP contribution >= 0.6 is 15.9 Å². The van der Waals surface area contributed by atoms with Crippen LogP contribution in [0.1, 0.15) is 23.2 Å². The van der Waals surface area contributed by atoms with Crippen LogP contribution in [0.3, 0.4) is 0 Å². The van der Waals surface area contributed by atoms with Crippen molar-refractivity contribution >= 4 is 33.8 Å². The second-order valence-electron chi connectivity index (χ2n) is 3.92. The van der Waals surface area contributed by atoms with Crippen molar-refractivity contribution in [2.24, 2.45) is 0 Å². The maximum atomic E-state index is 13.1. The van der Waals surface area contributed by atoms with E-state index in [9.17, 15) is 18.8 Å². The van der Waals surface area contributed by atoms with E-state index in [0.29, 0.717) is 4.47 Å².